The fraction of sp³-hybridized carbons (Fsp3) is 0.750. The van der Waals surface area contributed by atoms with Crippen molar-refractivity contribution in [3.05, 3.63) is 0 Å². The Labute approximate surface area is 163 Å². The van der Waals surface area contributed by atoms with E-state index in [0.717, 1.165) is 0 Å². The number of nitrogens with one attached hydrogen (secondary N) is 3. The monoisotopic (exact) mass is 406 g/mol. The van der Waals surface area contributed by atoms with Crippen LogP contribution < -0.4 is 21.7 Å². The van der Waals surface area contributed by atoms with E-state index in [-0.39, 0.29) is 12.3 Å². The molecule has 0 spiro atoms. The van der Waals surface area contributed by atoms with Gasteiger partial charge in [0.1, 0.15) is 12.1 Å². The van der Waals surface area contributed by atoms with Crippen LogP contribution in [0.2, 0.25) is 0 Å². The average Bonchev–Trinajstić information content (AvgIpc) is 2.65. The summed E-state index contributed by atoms with van der Waals surface area (Å²) in [6.45, 7) is 2.51. The zero-order valence-electron chi connectivity index (χ0n) is 15.9. The number of carboxylic acids is 1. The molecular formula is C16H30N4O6S. The van der Waals surface area contributed by atoms with Crippen LogP contribution in [-0.2, 0) is 19.2 Å². The van der Waals surface area contributed by atoms with Gasteiger partial charge in [0.2, 0.25) is 17.7 Å². The number of carboxylic acid groups (broad SMARTS) is 1. The van der Waals surface area contributed by atoms with Gasteiger partial charge in [0.05, 0.1) is 19.2 Å². The summed E-state index contributed by atoms with van der Waals surface area (Å²) in [6, 6.07) is -3.14. The van der Waals surface area contributed by atoms with Crippen molar-refractivity contribution in [1.82, 2.24) is 16.0 Å². The van der Waals surface area contributed by atoms with Gasteiger partial charge in [-0.3, -0.25) is 14.4 Å². The third-order valence-corrected chi connectivity index (χ3v) is 4.69. The fourth-order valence-corrected chi connectivity index (χ4v) is 2.47. The molecule has 0 aromatic carbocycles. The number of hydrogen-bond donors (Lipinski definition) is 6. The molecule has 0 heterocycles. The van der Waals surface area contributed by atoms with Crippen molar-refractivity contribution in [2.75, 3.05) is 25.2 Å². The first kappa shape index (κ1) is 25.1. The number of hydrogen-bond acceptors (Lipinski definition) is 7. The lowest BCUT2D eigenvalue weighted by atomic mass is 9.99. The Hall–Kier alpha value is -1.85. The van der Waals surface area contributed by atoms with Crippen LogP contribution in [0.25, 0.3) is 0 Å². The first-order valence-corrected chi connectivity index (χ1v) is 10.0. The summed E-state index contributed by atoms with van der Waals surface area (Å²) < 4.78 is 0. The molecule has 0 aliphatic rings. The first-order chi connectivity index (χ1) is 12.7. The van der Waals surface area contributed by atoms with E-state index in [1.165, 1.54) is 11.8 Å². The van der Waals surface area contributed by atoms with Crippen LogP contribution in [0, 0.1) is 5.92 Å². The minimum Gasteiger partial charge on any atom is -0.480 e. The van der Waals surface area contributed by atoms with E-state index in [4.69, 9.17) is 10.8 Å². The lowest BCUT2D eigenvalue weighted by molar-refractivity contribution is -0.141. The summed E-state index contributed by atoms with van der Waals surface area (Å²) >= 11 is 1.45. The largest absolute Gasteiger partial charge is 0.480 e. The molecule has 4 unspecified atom stereocenters. The third-order valence-electron chi connectivity index (χ3n) is 4.04. The van der Waals surface area contributed by atoms with Crippen LogP contribution in [0.3, 0.4) is 0 Å². The second kappa shape index (κ2) is 13.3. The Morgan fingerprint density at radius 3 is 2.22 bits per heavy atom. The number of aliphatic hydroxyl groups is 1. The number of aliphatic carboxylic acids is 1. The summed E-state index contributed by atoms with van der Waals surface area (Å²) in [5.41, 5.74) is 5.77. The molecule has 27 heavy (non-hydrogen) atoms. The van der Waals surface area contributed by atoms with Crippen molar-refractivity contribution in [2.45, 2.75) is 44.8 Å². The Morgan fingerprint density at radius 1 is 1.11 bits per heavy atom. The quantitative estimate of drug-likeness (QED) is 0.210. The Balaban J connectivity index is 4.56. The van der Waals surface area contributed by atoms with Crippen molar-refractivity contribution < 1.29 is 29.4 Å². The molecule has 4 atom stereocenters. The van der Waals surface area contributed by atoms with Crippen molar-refractivity contribution in [1.29, 1.82) is 0 Å². The molecule has 0 bridgehead atoms. The third kappa shape index (κ3) is 9.59. The van der Waals surface area contributed by atoms with Gasteiger partial charge in [-0.15, -0.1) is 0 Å². The normalized spacial score (nSPS) is 15.1. The molecule has 11 heteroatoms. The molecule has 0 saturated heterocycles. The lowest BCUT2D eigenvalue weighted by Crippen LogP contribution is -2.55. The van der Waals surface area contributed by atoms with Gasteiger partial charge in [-0.1, -0.05) is 20.3 Å². The smallest absolute Gasteiger partial charge is 0.326 e. The highest BCUT2D eigenvalue weighted by Crippen LogP contribution is 2.05. The Morgan fingerprint density at radius 2 is 1.74 bits per heavy atom. The SMILES string of the molecule is CCC(C)C(N)C(=O)NC(CO)C(=O)NCC(=O)NC(CCSC)C(=O)O. The second-order valence-electron chi connectivity index (χ2n) is 6.11. The number of carbonyl (C=O) groups is 4. The average molecular weight is 407 g/mol. The zero-order chi connectivity index (χ0) is 21.0. The van der Waals surface area contributed by atoms with Gasteiger partial charge < -0.3 is 31.9 Å². The van der Waals surface area contributed by atoms with Crippen LogP contribution >= 0.6 is 11.8 Å². The highest BCUT2D eigenvalue weighted by molar-refractivity contribution is 7.98. The molecule has 0 aromatic heterocycles. The van der Waals surface area contributed by atoms with Gasteiger partial charge in [0.15, 0.2) is 0 Å². The number of rotatable bonds is 13. The van der Waals surface area contributed by atoms with Crippen LogP contribution in [0.5, 0.6) is 0 Å². The molecule has 7 N–H and O–H groups in total. The molecule has 10 nitrogen and oxygen atoms in total. The molecule has 0 aromatic rings. The van der Waals surface area contributed by atoms with E-state index in [2.05, 4.69) is 16.0 Å². The molecule has 0 radical (unpaired) electrons. The minimum atomic E-state index is -1.26. The first-order valence-electron chi connectivity index (χ1n) is 8.63. The predicted molar refractivity (Wildman–Crippen MR) is 102 cm³/mol. The molecule has 3 amide bonds. The molecule has 0 fully saturated rings. The Bertz CT molecular complexity index is 519. The molecule has 0 aliphatic heterocycles. The summed E-state index contributed by atoms with van der Waals surface area (Å²) in [4.78, 5) is 47.0. The fourth-order valence-electron chi connectivity index (χ4n) is 2.00. The van der Waals surface area contributed by atoms with Crippen molar-refractivity contribution in [3.63, 3.8) is 0 Å². The molecule has 156 valence electrons. The van der Waals surface area contributed by atoms with Gasteiger partial charge in [-0.2, -0.15) is 11.8 Å². The van der Waals surface area contributed by atoms with Crippen molar-refractivity contribution in [3.8, 4) is 0 Å². The van der Waals surface area contributed by atoms with Gasteiger partial charge >= 0.3 is 5.97 Å². The number of amides is 3. The van der Waals surface area contributed by atoms with Crippen LogP contribution in [-0.4, -0.2) is 77.2 Å². The van der Waals surface area contributed by atoms with E-state index in [1.54, 1.807) is 6.92 Å². The van der Waals surface area contributed by atoms with Crippen molar-refractivity contribution >= 4 is 35.5 Å². The van der Waals surface area contributed by atoms with E-state index in [1.807, 2.05) is 13.2 Å². The number of aliphatic hydroxyl groups excluding tert-OH is 1. The van der Waals surface area contributed by atoms with E-state index in [9.17, 15) is 24.3 Å². The summed E-state index contributed by atoms with van der Waals surface area (Å²) in [7, 11) is 0. The molecule has 0 rings (SSSR count). The summed E-state index contributed by atoms with van der Waals surface area (Å²) in [6.07, 6.45) is 2.74. The predicted octanol–water partition coefficient (Wildman–Crippen LogP) is -1.72. The molecule has 0 aliphatic carbocycles. The van der Waals surface area contributed by atoms with Crippen LogP contribution in [0.15, 0.2) is 0 Å². The van der Waals surface area contributed by atoms with E-state index in [0.29, 0.717) is 12.2 Å². The number of carbonyl (C=O) groups excluding carboxylic acids is 3. The van der Waals surface area contributed by atoms with Gasteiger partial charge in [0.25, 0.3) is 0 Å². The summed E-state index contributed by atoms with van der Waals surface area (Å²) in [5, 5.41) is 25.3. The maximum atomic E-state index is 12.0. The highest BCUT2D eigenvalue weighted by Gasteiger charge is 2.26. The standard InChI is InChI=1S/C16H30N4O6S/c1-4-9(2)13(17)15(24)20-11(8-21)14(23)18-7-12(22)19-10(16(25)26)5-6-27-3/h9-11,13,21H,4-8,17H2,1-3H3,(H,18,23)(H,19,22)(H,20,24)(H,25,26). The summed E-state index contributed by atoms with van der Waals surface area (Å²) in [5.74, 6) is -2.75. The van der Waals surface area contributed by atoms with Crippen LogP contribution in [0.1, 0.15) is 26.7 Å². The highest BCUT2D eigenvalue weighted by atomic mass is 32.2. The topological polar surface area (TPSA) is 171 Å². The van der Waals surface area contributed by atoms with Gasteiger partial charge in [-0.05, 0) is 24.3 Å². The lowest BCUT2D eigenvalue weighted by Gasteiger charge is -2.22. The maximum Gasteiger partial charge on any atom is 0.326 e. The maximum absolute atomic E-state index is 12.0. The number of nitrogens with two attached hydrogens (primary N) is 1. The van der Waals surface area contributed by atoms with Crippen molar-refractivity contribution in [2.24, 2.45) is 11.7 Å². The van der Waals surface area contributed by atoms with Gasteiger partial charge in [0, 0.05) is 0 Å². The Kier molecular flexibility index (Phi) is 12.4. The zero-order valence-corrected chi connectivity index (χ0v) is 16.7. The molecular weight excluding hydrogens is 376 g/mol. The number of thioether (sulfide) groups is 1. The molecule has 0 saturated carbocycles. The van der Waals surface area contributed by atoms with E-state index >= 15 is 0 Å². The van der Waals surface area contributed by atoms with Gasteiger partial charge in [-0.25, -0.2) is 4.79 Å². The van der Waals surface area contributed by atoms with E-state index < -0.39 is 55.0 Å². The minimum absolute atomic E-state index is 0.104. The van der Waals surface area contributed by atoms with Crippen LogP contribution in [0.4, 0.5) is 0 Å². The second-order valence-corrected chi connectivity index (χ2v) is 7.10.